The summed E-state index contributed by atoms with van der Waals surface area (Å²) in [5.74, 6) is 1.66. The fourth-order valence-corrected chi connectivity index (χ4v) is 4.98. The number of benzene rings is 2. The molecule has 1 aliphatic rings. The highest BCUT2D eigenvalue weighted by Gasteiger charge is 2.32. The SMILES string of the molecule is C=CCOc1ccc([C@@H]2CC(=O)Nc3c2c(=O)nc(SCc2cccc(C)c2)n3C)cc1OC. The average molecular weight is 478 g/mol. The lowest BCUT2D eigenvalue weighted by atomic mass is 9.86. The summed E-state index contributed by atoms with van der Waals surface area (Å²) >= 11 is 1.47. The molecule has 0 fully saturated rings. The molecule has 0 spiro atoms. The number of aryl methyl sites for hydroxylation is 1. The van der Waals surface area contributed by atoms with E-state index >= 15 is 0 Å². The molecule has 1 N–H and O–H groups in total. The highest BCUT2D eigenvalue weighted by atomic mass is 32.2. The van der Waals surface area contributed by atoms with Gasteiger partial charge in [-0.2, -0.15) is 4.98 Å². The number of ether oxygens (including phenoxy) is 2. The number of hydrogen-bond acceptors (Lipinski definition) is 6. The van der Waals surface area contributed by atoms with Crippen molar-refractivity contribution in [1.82, 2.24) is 9.55 Å². The second-order valence-electron chi connectivity index (χ2n) is 8.11. The number of carbonyl (C=O) groups is 1. The molecule has 0 saturated carbocycles. The lowest BCUT2D eigenvalue weighted by molar-refractivity contribution is -0.116. The van der Waals surface area contributed by atoms with Crippen molar-refractivity contribution in [2.45, 2.75) is 30.2 Å². The fourth-order valence-electron chi connectivity index (χ4n) is 4.07. The topological polar surface area (TPSA) is 82.5 Å². The zero-order valence-corrected chi connectivity index (χ0v) is 20.3. The van der Waals surface area contributed by atoms with E-state index in [1.165, 1.54) is 17.3 Å². The number of rotatable bonds is 8. The van der Waals surface area contributed by atoms with Gasteiger partial charge in [0.2, 0.25) is 5.91 Å². The minimum absolute atomic E-state index is 0.149. The number of anilines is 1. The third-order valence-electron chi connectivity index (χ3n) is 5.70. The van der Waals surface area contributed by atoms with Crippen LogP contribution in [0, 0.1) is 6.92 Å². The number of fused-ring (bicyclic) bond motifs is 1. The molecule has 7 nitrogen and oxygen atoms in total. The number of nitrogens with zero attached hydrogens (tertiary/aromatic N) is 2. The van der Waals surface area contributed by atoms with Crippen LogP contribution in [0.25, 0.3) is 0 Å². The number of carbonyl (C=O) groups excluding carboxylic acids is 1. The molecule has 0 saturated heterocycles. The van der Waals surface area contributed by atoms with Gasteiger partial charge in [0.1, 0.15) is 12.4 Å². The Morgan fingerprint density at radius 3 is 2.79 bits per heavy atom. The van der Waals surface area contributed by atoms with Crippen molar-refractivity contribution in [3.63, 3.8) is 0 Å². The summed E-state index contributed by atoms with van der Waals surface area (Å²) in [6.07, 6.45) is 1.80. The Kier molecular flexibility index (Phi) is 7.07. The van der Waals surface area contributed by atoms with Crippen molar-refractivity contribution in [3.8, 4) is 11.5 Å². The maximum absolute atomic E-state index is 13.2. The normalized spacial score (nSPS) is 14.8. The summed E-state index contributed by atoms with van der Waals surface area (Å²) in [6.45, 7) is 6.05. The second-order valence-corrected chi connectivity index (χ2v) is 9.06. The van der Waals surface area contributed by atoms with Crippen LogP contribution in [0.15, 0.2) is 65.1 Å². The number of thioether (sulfide) groups is 1. The van der Waals surface area contributed by atoms with Crippen molar-refractivity contribution in [3.05, 3.63) is 87.7 Å². The largest absolute Gasteiger partial charge is 0.493 e. The van der Waals surface area contributed by atoms with Crippen LogP contribution in [-0.4, -0.2) is 29.2 Å². The highest BCUT2D eigenvalue weighted by molar-refractivity contribution is 7.98. The average Bonchev–Trinajstić information content (AvgIpc) is 2.83. The van der Waals surface area contributed by atoms with E-state index < -0.39 is 5.92 Å². The Balaban J connectivity index is 1.69. The minimum atomic E-state index is -0.437. The van der Waals surface area contributed by atoms with Gasteiger partial charge in [-0.1, -0.05) is 60.3 Å². The van der Waals surface area contributed by atoms with Gasteiger partial charge in [-0.15, -0.1) is 0 Å². The third kappa shape index (κ3) is 4.87. The van der Waals surface area contributed by atoms with Crippen molar-refractivity contribution >= 4 is 23.5 Å². The van der Waals surface area contributed by atoms with Gasteiger partial charge in [0, 0.05) is 25.1 Å². The Morgan fingerprint density at radius 2 is 2.06 bits per heavy atom. The van der Waals surface area contributed by atoms with Gasteiger partial charge < -0.3 is 19.4 Å². The molecule has 2 aromatic carbocycles. The number of nitrogens with one attached hydrogen (secondary N) is 1. The predicted octanol–water partition coefficient (Wildman–Crippen LogP) is 4.43. The molecular weight excluding hydrogens is 450 g/mol. The van der Waals surface area contributed by atoms with Gasteiger partial charge in [-0.25, -0.2) is 0 Å². The number of amides is 1. The molecule has 2 heterocycles. The molecule has 0 radical (unpaired) electrons. The smallest absolute Gasteiger partial charge is 0.279 e. The van der Waals surface area contributed by atoms with E-state index in [9.17, 15) is 9.59 Å². The quantitative estimate of drug-likeness (QED) is 0.294. The molecule has 8 heteroatoms. The highest BCUT2D eigenvalue weighted by Crippen LogP contribution is 2.39. The monoisotopic (exact) mass is 477 g/mol. The Bertz CT molecular complexity index is 1300. The van der Waals surface area contributed by atoms with Crippen LogP contribution in [0.2, 0.25) is 0 Å². The number of hydrogen-bond donors (Lipinski definition) is 1. The van der Waals surface area contributed by atoms with E-state index in [0.29, 0.717) is 40.4 Å². The van der Waals surface area contributed by atoms with Crippen molar-refractivity contribution < 1.29 is 14.3 Å². The van der Waals surface area contributed by atoms with Crippen LogP contribution in [0.1, 0.15) is 34.6 Å². The molecule has 1 atom stereocenters. The fraction of sp³-hybridized carbons (Fsp3) is 0.269. The first-order chi connectivity index (χ1) is 16.4. The molecule has 1 aromatic heterocycles. The van der Waals surface area contributed by atoms with Crippen LogP contribution in [0.4, 0.5) is 5.82 Å². The van der Waals surface area contributed by atoms with E-state index in [4.69, 9.17) is 9.47 Å². The van der Waals surface area contributed by atoms with Crippen LogP contribution in [-0.2, 0) is 17.6 Å². The molecule has 176 valence electrons. The Labute approximate surface area is 202 Å². The zero-order chi connectivity index (χ0) is 24.2. The molecule has 0 bridgehead atoms. The van der Waals surface area contributed by atoms with Crippen LogP contribution in [0.5, 0.6) is 11.5 Å². The van der Waals surface area contributed by atoms with E-state index in [2.05, 4.69) is 22.9 Å². The first-order valence-corrected chi connectivity index (χ1v) is 11.9. The van der Waals surface area contributed by atoms with Gasteiger partial charge in [0.25, 0.3) is 5.56 Å². The van der Waals surface area contributed by atoms with Crippen LogP contribution < -0.4 is 20.3 Å². The predicted molar refractivity (Wildman–Crippen MR) is 134 cm³/mol. The van der Waals surface area contributed by atoms with E-state index in [0.717, 1.165) is 11.1 Å². The van der Waals surface area contributed by atoms with Gasteiger partial charge in [0.15, 0.2) is 16.7 Å². The third-order valence-corrected chi connectivity index (χ3v) is 6.80. The Hall–Kier alpha value is -3.52. The standard InChI is InChI=1S/C26H27N3O4S/c1-5-11-33-20-10-9-18(13-21(20)32-4)19-14-22(30)27-24-23(19)25(31)28-26(29(24)3)34-15-17-8-6-7-16(2)12-17/h5-10,12-13,19H,1,11,14-15H2,2-4H3,(H,27,30)/t19-/m0/s1. The van der Waals surface area contributed by atoms with Crippen molar-refractivity contribution in [2.24, 2.45) is 7.05 Å². The molecule has 4 rings (SSSR count). The maximum Gasteiger partial charge on any atom is 0.279 e. The summed E-state index contributed by atoms with van der Waals surface area (Å²) in [5.41, 5.74) is 3.25. The van der Waals surface area contributed by atoms with Gasteiger partial charge >= 0.3 is 0 Å². The van der Waals surface area contributed by atoms with Gasteiger partial charge in [0.05, 0.1) is 12.7 Å². The summed E-state index contributed by atoms with van der Waals surface area (Å²) in [5, 5.41) is 3.44. The number of methoxy groups -OCH3 is 1. The van der Waals surface area contributed by atoms with Gasteiger partial charge in [-0.3, -0.25) is 9.59 Å². The summed E-state index contributed by atoms with van der Waals surface area (Å²) in [4.78, 5) is 30.2. The molecule has 1 aliphatic heterocycles. The minimum Gasteiger partial charge on any atom is -0.493 e. The first-order valence-electron chi connectivity index (χ1n) is 10.9. The summed E-state index contributed by atoms with van der Waals surface area (Å²) in [7, 11) is 3.37. The molecule has 3 aromatic rings. The molecule has 1 amide bonds. The summed E-state index contributed by atoms with van der Waals surface area (Å²) < 4.78 is 12.9. The number of aromatic nitrogens is 2. The maximum atomic E-state index is 13.2. The molecule has 0 aliphatic carbocycles. The van der Waals surface area contributed by atoms with Crippen molar-refractivity contribution in [1.29, 1.82) is 0 Å². The van der Waals surface area contributed by atoms with Crippen LogP contribution >= 0.6 is 11.8 Å². The van der Waals surface area contributed by atoms with Crippen LogP contribution in [0.3, 0.4) is 0 Å². The molecule has 34 heavy (non-hydrogen) atoms. The molecular formula is C26H27N3O4S. The molecule has 0 unspecified atom stereocenters. The van der Waals surface area contributed by atoms with Crippen molar-refractivity contribution in [2.75, 3.05) is 19.0 Å². The Morgan fingerprint density at radius 1 is 1.24 bits per heavy atom. The van der Waals surface area contributed by atoms with Gasteiger partial charge in [-0.05, 0) is 30.2 Å². The van der Waals surface area contributed by atoms with E-state index in [-0.39, 0.29) is 17.9 Å². The first kappa shape index (κ1) is 23.6. The second kappa shape index (κ2) is 10.2. The zero-order valence-electron chi connectivity index (χ0n) is 19.5. The van der Waals surface area contributed by atoms with E-state index in [1.54, 1.807) is 23.8 Å². The van der Waals surface area contributed by atoms with E-state index in [1.807, 2.05) is 44.3 Å². The lowest BCUT2D eigenvalue weighted by Gasteiger charge is -2.28. The lowest BCUT2D eigenvalue weighted by Crippen LogP contribution is -2.33. The summed E-state index contributed by atoms with van der Waals surface area (Å²) in [6, 6.07) is 13.7.